The largest absolute Gasteiger partial charge is 0.508 e. The number of hydrogen-bond donors (Lipinski definition) is 1. The smallest absolute Gasteiger partial charge is 0.204 e. The second kappa shape index (κ2) is 8.92. The third-order valence-electron chi connectivity index (χ3n) is 3.77. The Morgan fingerprint density at radius 2 is 1.77 bits per heavy atom. The molecule has 0 aromatic heterocycles. The molecule has 2 aromatic rings. The van der Waals surface area contributed by atoms with E-state index in [1.165, 1.54) is 0 Å². The fourth-order valence-electron chi connectivity index (χ4n) is 2.63. The van der Waals surface area contributed by atoms with E-state index < -0.39 is 7.37 Å². The molecule has 0 amide bonds. The van der Waals surface area contributed by atoms with Gasteiger partial charge in [-0.2, -0.15) is 0 Å². The molecule has 142 valence electrons. The van der Waals surface area contributed by atoms with Gasteiger partial charge in [0.1, 0.15) is 11.5 Å². The normalized spacial score (nSPS) is 13.7. The molecule has 2 aromatic carbocycles. The van der Waals surface area contributed by atoms with Crippen LogP contribution in [0.1, 0.15) is 37.8 Å². The molecule has 0 aliphatic carbocycles. The lowest BCUT2D eigenvalue weighted by atomic mass is 10.0. The van der Waals surface area contributed by atoms with Gasteiger partial charge in [-0.3, -0.25) is 4.57 Å². The van der Waals surface area contributed by atoms with Gasteiger partial charge in [0, 0.05) is 18.4 Å². The van der Waals surface area contributed by atoms with Crippen molar-refractivity contribution in [3.63, 3.8) is 0 Å². The summed E-state index contributed by atoms with van der Waals surface area (Å²) >= 11 is 7.06. The van der Waals surface area contributed by atoms with E-state index in [-0.39, 0.29) is 11.7 Å². The van der Waals surface area contributed by atoms with Crippen LogP contribution in [0.4, 0.5) is 0 Å². The van der Waals surface area contributed by atoms with Crippen LogP contribution >= 0.6 is 39.2 Å². The van der Waals surface area contributed by atoms with E-state index >= 15 is 0 Å². The molecular weight excluding hydrogens is 483 g/mol. The summed E-state index contributed by atoms with van der Waals surface area (Å²) in [5, 5.41) is 9.96. The van der Waals surface area contributed by atoms with E-state index in [9.17, 15) is 9.67 Å². The predicted molar refractivity (Wildman–Crippen MR) is 113 cm³/mol. The molecule has 0 fully saturated rings. The molecule has 1 N–H and O–H groups in total. The summed E-state index contributed by atoms with van der Waals surface area (Å²) in [5.74, 6) is 1.70. The lowest BCUT2D eigenvalue weighted by molar-refractivity contribution is 0.336. The van der Waals surface area contributed by atoms with Crippen LogP contribution in [-0.4, -0.2) is 18.4 Å². The molecule has 0 aliphatic heterocycles. The highest BCUT2D eigenvalue weighted by atomic mass is 79.9. The molecule has 0 heterocycles. The van der Waals surface area contributed by atoms with E-state index in [1.807, 2.05) is 39.0 Å². The second-order valence-corrected chi connectivity index (χ2v) is 10.8. The summed E-state index contributed by atoms with van der Waals surface area (Å²) in [6.07, 6.45) is 0.356. The van der Waals surface area contributed by atoms with Crippen LogP contribution < -0.4 is 4.74 Å². The van der Waals surface area contributed by atoms with Gasteiger partial charge in [-0.15, -0.1) is 0 Å². The Labute approximate surface area is 171 Å². The van der Waals surface area contributed by atoms with Crippen LogP contribution in [-0.2, 0) is 15.3 Å². The summed E-state index contributed by atoms with van der Waals surface area (Å²) < 4.78 is 25.3. The third-order valence-corrected chi connectivity index (χ3v) is 6.69. The van der Waals surface area contributed by atoms with Crippen molar-refractivity contribution < 1.29 is 18.9 Å². The molecule has 0 radical (unpaired) electrons. The number of aromatic hydroxyl groups is 1. The minimum absolute atomic E-state index is 0.185. The summed E-state index contributed by atoms with van der Waals surface area (Å²) in [4.78, 5) is 0. The van der Waals surface area contributed by atoms with E-state index in [4.69, 9.17) is 9.26 Å². The molecule has 0 bridgehead atoms. The number of ether oxygens (including phenoxy) is 1. The summed E-state index contributed by atoms with van der Waals surface area (Å²) in [5.41, 5.74) is 1.72. The highest BCUT2D eigenvalue weighted by Crippen LogP contribution is 2.48. The first-order valence-corrected chi connectivity index (χ1v) is 12.2. The number of rotatable bonds is 7. The lowest BCUT2D eigenvalue weighted by Crippen LogP contribution is -1.95. The molecule has 0 spiro atoms. The Kier molecular flexibility index (Phi) is 7.37. The fraction of sp³-hybridized carbons (Fsp3) is 0.368. The number of benzene rings is 2. The van der Waals surface area contributed by atoms with Crippen molar-refractivity contribution in [3.8, 4) is 17.2 Å². The van der Waals surface area contributed by atoms with Crippen LogP contribution in [0, 0.1) is 0 Å². The van der Waals surface area contributed by atoms with Crippen LogP contribution in [0.2, 0.25) is 0 Å². The van der Waals surface area contributed by atoms with Crippen LogP contribution in [0.3, 0.4) is 0 Å². The first-order valence-electron chi connectivity index (χ1n) is 8.32. The Hall–Kier alpha value is -0.810. The summed E-state index contributed by atoms with van der Waals surface area (Å²) in [6, 6.07) is 8.97. The zero-order valence-electron chi connectivity index (χ0n) is 15.3. The van der Waals surface area contributed by atoms with Gasteiger partial charge >= 0.3 is 0 Å². The van der Waals surface area contributed by atoms with Crippen molar-refractivity contribution >= 4 is 39.2 Å². The monoisotopic (exact) mass is 504 g/mol. The number of phenols is 1. The predicted octanol–water partition coefficient (Wildman–Crippen LogP) is 7.28. The van der Waals surface area contributed by atoms with Gasteiger partial charge in [0.25, 0.3) is 0 Å². The van der Waals surface area contributed by atoms with Gasteiger partial charge in [-0.05, 0) is 80.6 Å². The lowest BCUT2D eigenvalue weighted by Gasteiger charge is -2.16. The third kappa shape index (κ3) is 5.59. The molecule has 7 heteroatoms. The first kappa shape index (κ1) is 21.5. The Morgan fingerprint density at radius 1 is 1.15 bits per heavy atom. The average molecular weight is 506 g/mol. The van der Waals surface area contributed by atoms with Crippen molar-refractivity contribution in [3.05, 3.63) is 50.4 Å². The second-order valence-electron chi connectivity index (χ2n) is 6.46. The van der Waals surface area contributed by atoms with Gasteiger partial charge in [-0.1, -0.05) is 13.8 Å². The summed E-state index contributed by atoms with van der Waals surface area (Å²) in [6.45, 7) is 7.94. The molecule has 0 aliphatic rings. The molecular formula is C19H23Br2O4P. The van der Waals surface area contributed by atoms with Crippen molar-refractivity contribution in [2.75, 3.05) is 13.3 Å². The van der Waals surface area contributed by atoms with Crippen molar-refractivity contribution in [1.29, 1.82) is 0 Å². The number of hydrogen-bond acceptors (Lipinski definition) is 4. The maximum absolute atomic E-state index is 12.4. The SMILES string of the molecule is CCOP(C)(=O)Cc1cc(Br)c(Oc2ccc(O)c(C(C)C)c2)c(Br)c1. The Bertz CT molecular complexity index is 813. The van der Waals surface area contributed by atoms with Crippen molar-refractivity contribution in [2.45, 2.75) is 32.9 Å². The highest BCUT2D eigenvalue weighted by Gasteiger charge is 2.19. The molecule has 1 unspecified atom stereocenters. The first-order chi connectivity index (χ1) is 12.1. The molecule has 2 rings (SSSR count). The molecule has 0 saturated carbocycles. The van der Waals surface area contributed by atoms with Crippen molar-refractivity contribution in [2.24, 2.45) is 0 Å². The minimum atomic E-state index is -2.67. The van der Waals surface area contributed by atoms with Gasteiger partial charge in [0.2, 0.25) is 7.37 Å². The van der Waals surface area contributed by atoms with Crippen LogP contribution in [0.5, 0.6) is 17.2 Å². The summed E-state index contributed by atoms with van der Waals surface area (Å²) in [7, 11) is -2.67. The molecule has 0 saturated heterocycles. The van der Waals surface area contributed by atoms with Gasteiger partial charge in [0.05, 0.1) is 15.6 Å². The number of phenolic OH excluding ortho intramolecular Hbond substituents is 1. The maximum atomic E-state index is 12.4. The fourth-order valence-corrected chi connectivity index (χ4v) is 5.55. The zero-order chi connectivity index (χ0) is 19.5. The van der Waals surface area contributed by atoms with Crippen LogP contribution in [0.15, 0.2) is 39.3 Å². The number of halogens is 2. The maximum Gasteiger partial charge on any atom is 0.204 e. The van der Waals surface area contributed by atoms with Gasteiger partial charge in [0.15, 0.2) is 5.75 Å². The average Bonchev–Trinajstić information content (AvgIpc) is 2.51. The Balaban J connectivity index is 2.29. The van der Waals surface area contributed by atoms with Crippen molar-refractivity contribution in [1.82, 2.24) is 0 Å². The van der Waals surface area contributed by atoms with E-state index in [1.54, 1.807) is 18.8 Å². The standard InChI is InChI=1S/C19H23Br2O4P/c1-5-24-26(4,23)11-13-8-16(20)19(17(21)9-13)25-14-6-7-18(22)15(10-14)12(2)3/h6-10,12,22H,5,11H2,1-4H3. The topological polar surface area (TPSA) is 55.8 Å². The molecule has 4 nitrogen and oxygen atoms in total. The Morgan fingerprint density at radius 3 is 2.31 bits per heavy atom. The molecule has 26 heavy (non-hydrogen) atoms. The van der Waals surface area contributed by atoms with Gasteiger partial charge < -0.3 is 14.4 Å². The van der Waals surface area contributed by atoms with Gasteiger partial charge in [-0.25, -0.2) is 0 Å². The highest BCUT2D eigenvalue weighted by molar-refractivity contribution is 9.11. The molecule has 1 atom stereocenters. The minimum Gasteiger partial charge on any atom is -0.508 e. The van der Waals surface area contributed by atoms with E-state index in [0.717, 1.165) is 20.1 Å². The quantitative estimate of drug-likeness (QED) is 0.402. The van der Waals surface area contributed by atoms with E-state index in [0.29, 0.717) is 24.3 Å². The van der Waals surface area contributed by atoms with Crippen LogP contribution in [0.25, 0.3) is 0 Å². The van der Waals surface area contributed by atoms with E-state index in [2.05, 4.69) is 31.9 Å². The zero-order valence-corrected chi connectivity index (χ0v) is 19.3.